The second-order valence-corrected chi connectivity index (χ2v) is 20.9. The van der Waals surface area contributed by atoms with Crippen LogP contribution in [0.4, 0.5) is 0 Å². The summed E-state index contributed by atoms with van der Waals surface area (Å²) in [6.45, 7) is 6.72. The molecule has 0 N–H and O–H groups in total. The van der Waals surface area contributed by atoms with Gasteiger partial charge in [0.15, 0.2) is 5.82 Å². The maximum Gasteiger partial charge on any atom is 0.160 e. The summed E-state index contributed by atoms with van der Waals surface area (Å²) in [6, 6.07) is 107. The Morgan fingerprint density at radius 3 is 1.29 bits per heavy atom. The molecule has 0 aliphatic rings. The van der Waals surface area contributed by atoms with Gasteiger partial charge in [-0.3, -0.25) is 0 Å². The third kappa shape index (κ3) is 11.3. The van der Waals surface area contributed by atoms with Gasteiger partial charge in [0.05, 0.1) is 22.6 Å². The topological polar surface area (TPSA) is 38.7 Å². The fourth-order valence-corrected chi connectivity index (χ4v) is 11.0. The van der Waals surface area contributed by atoms with Crippen LogP contribution in [0.5, 0.6) is 0 Å². The fourth-order valence-electron chi connectivity index (χ4n) is 11.0. The van der Waals surface area contributed by atoms with Crippen molar-refractivity contribution >= 4 is 27.6 Å². The van der Waals surface area contributed by atoms with Crippen molar-refractivity contribution in [1.82, 2.24) is 15.0 Å². The molecule has 0 saturated carbocycles. The van der Waals surface area contributed by atoms with E-state index in [0.29, 0.717) is 5.82 Å². The lowest BCUT2D eigenvalue weighted by molar-refractivity contribution is 1.23. The van der Waals surface area contributed by atoms with Crippen molar-refractivity contribution in [2.75, 3.05) is 0 Å². The molecule has 83 heavy (non-hydrogen) atoms. The van der Waals surface area contributed by atoms with Crippen molar-refractivity contribution in [3.63, 3.8) is 0 Å². The van der Waals surface area contributed by atoms with Crippen LogP contribution in [-0.2, 0) is 0 Å². The zero-order valence-corrected chi connectivity index (χ0v) is 46.1. The molecule has 0 atom stereocenters. The molecule has 13 rings (SSSR count). The summed E-state index contributed by atoms with van der Waals surface area (Å²) in [4.78, 5) is 16.5. The molecular formula is C80H57N3. The molecule has 11 aromatic carbocycles. The first-order chi connectivity index (χ1) is 40.9. The minimum absolute atomic E-state index is 0.625. The smallest absolute Gasteiger partial charge is 0.160 e. The zero-order chi connectivity index (χ0) is 55.9. The van der Waals surface area contributed by atoms with Gasteiger partial charge in [0.2, 0.25) is 0 Å². The second kappa shape index (κ2) is 23.5. The van der Waals surface area contributed by atoms with E-state index in [2.05, 4.69) is 317 Å². The summed E-state index contributed by atoms with van der Waals surface area (Å²) in [7, 11) is 0. The SMILES string of the molecule is C=C(/C=C(\C=C(/C)c1ccccc1)c1ccc(-c2nc(-c3ccc(-c4cc(-c5ccccc5)cc(-c5ccccc5)n4)cc3)nc3c(-c4cccc(-c5ccccc5)c4)cc(-c4cccc(-c5ccccc5)c4)cc23)cc1)c1ccccc1. The van der Waals surface area contributed by atoms with Crippen LogP contribution in [-0.4, -0.2) is 15.0 Å². The first kappa shape index (κ1) is 51.6. The molecule has 2 aromatic heterocycles. The Hall–Kier alpha value is -10.9. The van der Waals surface area contributed by atoms with E-state index in [4.69, 9.17) is 15.0 Å². The number of hydrogen-bond donors (Lipinski definition) is 0. The monoisotopic (exact) mass is 1060 g/mol. The van der Waals surface area contributed by atoms with Crippen molar-refractivity contribution < 1.29 is 0 Å². The minimum atomic E-state index is 0.625. The predicted molar refractivity (Wildman–Crippen MR) is 350 cm³/mol. The van der Waals surface area contributed by atoms with E-state index in [1.54, 1.807) is 0 Å². The summed E-state index contributed by atoms with van der Waals surface area (Å²) in [5.74, 6) is 0.625. The Labute approximate surface area is 486 Å². The van der Waals surface area contributed by atoms with Crippen LogP contribution in [0.25, 0.3) is 128 Å². The number of rotatable bonds is 14. The number of nitrogens with zero attached hydrogens (tertiary/aromatic N) is 3. The Balaban J connectivity index is 1.00. The first-order valence-corrected chi connectivity index (χ1v) is 28.2. The van der Waals surface area contributed by atoms with Crippen LogP contribution in [0, 0.1) is 0 Å². The first-order valence-electron chi connectivity index (χ1n) is 28.2. The maximum atomic E-state index is 5.64. The van der Waals surface area contributed by atoms with Crippen LogP contribution in [0.2, 0.25) is 0 Å². The van der Waals surface area contributed by atoms with Gasteiger partial charge in [-0.2, -0.15) is 0 Å². The number of aromatic nitrogens is 3. The highest BCUT2D eigenvalue weighted by Gasteiger charge is 2.20. The molecule has 392 valence electrons. The Morgan fingerprint density at radius 1 is 0.301 bits per heavy atom. The molecule has 13 aromatic rings. The van der Waals surface area contributed by atoms with Gasteiger partial charge in [-0.15, -0.1) is 0 Å². The summed E-state index contributed by atoms with van der Waals surface area (Å²) in [5, 5.41) is 0.948. The lowest BCUT2D eigenvalue weighted by Gasteiger charge is -2.17. The quantitative estimate of drug-likeness (QED) is 0.102. The maximum absolute atomic E-state index is 5.64. The molecule has 3 nitrogen and oxygen atoms in total. The molecule has 0 radical (unpaired) electrons. The molecule has 0 amide bonds. The molecule has 0 aliphatic carbocycles. The average Bonchev–Trinajstić information content (AvgIpc) is 3.35. The van der Waals surface area contributed by atoms with E-state index < -0.39 is 0 Å². The van der Waals surface area contributed by atoms with Crippen LogP contribution < -0.4 is 0 Å². The van der Waals surface area contributed by atoms with Gasteiger partial charge < -0.3 is 0 Å². The minimum Gasteiger partial charge on any atom is -0.248 e. The predicted octanol–water partition coefficient (Wildman–Crippen LogP) is 21.2. The molecule has 0 aliphatic heterocycles. The third-order valence-electron chi connectivity index (χ3n) is 15.4. The van der Waals surface area contributed by atoms with E-state index in [9.17, 15) is 0 Å². The van der Waals surface area contributed by atoms with E-state index in [0.717, 1.165) is 139 Å². The molecule has 0 fully saturated rings. The second-order valence-electron chi connectivity index (χ2n) is 20.9. The summed E-state index contributed by atoms with van der Waals surface area (Å²) in [5.41, 5.74) is 24.9. The van der Waals surface area contributed by atoms with Gasteiger partial charge in [-0.25, -0.2) is 15.0 Å². The molecular weight excluding hydrogens is 1000 g/mol. The lowest BCUT2D eigenvalue weighted by Crippen LogP contribution is -1.98. The number of hydrogen-bond acceptors (Lipinski definition) is 3. The van der Waals surface area contributed by atoms with Crippen molar-refractivity contribution in [1.29, 1.82) is 0 Å². The molecule has 0 bridgehead atoms. The van der Waals surface area contributed by atoms with Crippen LogP contribution in [0.3, 0.4) is 0 Å². The van der Waals surface area contributed by atoms with Crippen molar-refractivity contribution in [3.8, 4) is 101 Å². The van der Waals surface area contributed by atoms with Crippen LogP contribution in [0.15, 0.2) is 322 Å². The van der Waals surface area contributed by atoms with Gasteiger partial charge in [0, 0.05) is 33.2 Å². The van der Waals surface area contributed by atoms with Gasteiger partial charge in [-0.1, -0.05) is 280 Å². The molecule has 0 saturated heterocycles. The number of pyridine rings is 1. The Morgan fingerprint density at radius 2 is 0.723 bits per heavy atom. The van der Waals surface area contributed by atoms with Gasteiger partial charge in [-0.05, 0) is 133 Å². The van der Waals surface area contributed by atoms with Crippen LogP contribution >= 0.6 is 0 Å². The van der Waals surface area contributed by atoms with Crippen molar-refractivity contribution in [2.45, 2.75) is 6.92 Å². The average molecular weight is 1060 g/mol. The number of benzene rings is 11. The fraction of sp³-hybridized carbons (Fsp3) is 0.0125. The van der Waals surface area contributed by atoms with E-state index >= 15 is 0 Å². The highest BCUT2D eigenvalue weighted by molar-refractivity contribution is 6.05. The molecule has 0 spiro atoms. The number of allylic oxidation sites excluding steroid dienone is 5. The summed E-state index contributed by atoms with van der Waals surface area (Å²) >= 11 is 0. The summed E-state index contributed by atoms with van der Waals surface area (Å²) < 4.78 is 0. The Kier molecular flexibility index (Phi) is 14.6. The molecule has 0 unspecified atom stereocenters. The van der Waals surface area contributed by atoms with Gasteiger partial charge in [0.1, 0.15) is 0 Å². The van der Waals surface area contributed by atoms with Crippen molar-refractivity contribution in [3.05, 3.63) is 339 Å². The standard InChI is InChI=1S/C80H57N3/c1-55(57-23-9-3-10-24-57)47-71(48-56(2)58-25-11-4-12-26-58)62-39-43-65(44-40-62)78-75-52-72(69-37-21-35-67(49-69)59-27-13-5-14-28-59)51-74(70-38-22-36-68(50-70)60-29-15-6-16-30-60)79(75)83-80(82-78)66-45-41-64(42-46-66)77-54-73(61-31-17-7-18-32-61)53-76(81-77)63-33-19-8-20-34-63/h3-54H,1H2,2H3/b56-48+,71-47+. The van der Waals surface area contributed by atoms with E-state index in [1.807, 2.05) is 12.1 Å². The Bertz CT molecular complexity index is 4440. The van der Waals surface area contributed by atoms with E-state index in [1.165, 1.54) is 0 Å². The van der Waals surface area contributed by atoms with Crippen molar-refractivity contribution in [2.24, 2.45) is 0 Å². The van der Waals surface area contributed by atoms with Crippen LogP contribution in [0.1, 0.15) is 23.6 Å². The molecule has 3 heteroatoms. The zero-order valence-electron chi connectivity index (χ0n) is 46.1. The highest BCUT2D eigenvalue weighted by Crippen LogP contribution is 2.41. The number of fused-ring (bicyclic) bond motifs is 1. The normalized spacial score (nSPS) is 11.6. The largest absolute Gasteiger partial charge is 0.248 e. The highest BCUT2D eigenvalue weighted by atomic mass is 14.9. The van der Waals surface area contributed by atoms with Gasteiger partial charge in [0.25, 0.3) is 0 Å². The third-order valence-corrected chi connectivity index (χ3v) is 15.4. The summed E-state index contributed by atoms with van der Waals surface area (Å²) in [6.07, 6.45) is 4.46. The molecule has 2 heterocycles. The van der Waals surface area contributed by atoms with E-state index in [-0.39, 0.29) is 0 Å². The lowest BCUT2D eigenvalue weighted by atomic mass is 9.91. The van der Waals surface area contributed by atoms with Gasteiger partial charge >= 0.3 is 0 Å².